The van der Waals surface area contributed by atoms with Crippen LogP contribution in [0, 0.1) is 6.92 Å². The van der Waals surface area contributed by atoms with Gasteiger partial charge in [-0.05, 0) is 30.2 Å². The molecule has 5 heteroatoms. The van der Waals surface area contributed by atoms with E-state index in [1.54, 1.807) is 7.11 Å². The number of hydrogen-bond donors (Lipinski definition) is 1. The van der Waals surface area contributed by atoms with Gasteiger partial charge in [0.25, 0.3) is 5.56 Å². The zero-order valence-electron chi connectivity index (χ0n) is 14.3. The van der Waals surface area contributed by atoms with Crippen molar-refractivity contribution in [3.05, 3.63) is 87.3 Å². The Balaban J connectivity index is 1.74. The molecule has 0 atom stereocenters. The molecule has 4 nitrogen and oxygen atoms in total. The Morgan fingerprint density at radius 1 is 1.08 bits per heavy atom. The van der Waals surface area contributed by atoms with Crippen molar-refractivity contribution in [1.82, 2.24) is 9.97 Å². The quantitative estimate of drug-likeness (QED) is 0.539. The van der Waals surface area contributed by atoms with Crippen molar-refractivity contribution in [1.29, 1.82) is 0 Å². The average Bonchev–Trinajstić information content (AvgIpc) is 2.64. The van der Waals surface area contributed by atoms with Gasteiger partial charge in [0.15, 0.2) is 5.16 Å². The Labute approximate surface area is 151 Å². The summed E-state index contributed by atoms with van der Waals surface area (Å²) in [5, 5.41) is 0.641. The van der Waals surface area contributed by atoms with Gasteiger partial charge in [0.05, 0.1) is 7.11 Å². The average molecular weight is 352 g/mol. The minimum atomic E-state index is -0.0653. The number of aryl methyl sites for hydroxylation is 1. The van der Waals surface area contributed by atoms with E-state index in [1.807, 2.05) is 61.5 Å². The number of methoxy groups -OCH3 is 1. The highest BCUT2D eigenvalue weighted by Gasteiger charge is 2.10. The lowest BCUT2D eigenvalue weighted by Crippen LogP contribution is -2.17. The second-order valence-corrected chi connectivity index (χ2v) is 6.70. The number of nitrogens with one attached hydrogen (secondary N) is 1. The fraction of sp³-hybridized carbons (Fsp3) is 0.200. The van der Waals surface area contributed by atoms with Crippen molar-refractivity contribution in [3.8, 4) is 5.75 Å². The summed E-state index contributed by atoms with van der Waals surface area (Å²) in [5.41, 5.74) is 3.66. The number of nitrogens with zero attached hydrogens (tertiary/aromatic N) is 1. The molecule has 2 aromatic carbocycles. The number of thioether (sulfide) groups is 1. The predicted molar refractivity (Wildman–Crippen MR) is 101 cm³/mol. The van der Waals surface area contributed by atoms with Crippen LogP contribution in [0.15, 0.2) is 64.5 Å². The number of ether oxygens (including phenoxy) is 1. The maximum Gasteiger partial charge on any atom is 0.255 e. The third kappa shape index (κ3) is 4.51. The molecule has 0 aliphatic carbocycles. The van der Waals surface area contributed by atoms with Crippen LogP contribution in [0.25, 0.3) is 0 Å². The Hall–Kier alpha value is -2.53. The SMILES string of the molecule is COc1cccc(CSc2nc(C)c(Cc3ccccc3)c(=O)[nH]2)c1. The minimum absolute atomic E-state index is 0.0653. The first-order chi connectivity index (χ1) is 12.2. The summed E-state index contributed by atoms with van der Waals surface area (Å²) >= 11 is 1.51. The van der Waals surface area contributed by atoms with Crippen LogP contribution in [0.4, 0.5) is 0 Å². The number of benzene rings is 2. The van der Waals surface area contributed by atoms with Crippen LogP contribution in [-0.4, -0.2) is 17.1 Å². The molecule has 128 valence electrons. The smallest absolute Gasteiger partial charge is 0.255 e. The second kappa shape index (κ2) is 8.03. The lowest BCUT2D eigenvalue weighted by Gasteiger charge is -2.08. The number of aromatic nitrogens is 2. The summed E-state index contributed by atoms with van der Waals surface area (Å²) < 4.78 is 5.23. The van der Waals surface area contributed by atoms with E-state index in [-0.39, 0.29) is 5.56 Å². The molecule has 1 aromatic heterocycles. The van der Waals surface area contributed by atoms with E-state index in [9.17, 15) is 4.79 Å². The van der Waals surface area contributed by atoms with Crippen molar-refractivity contribution in [3.63, 3.8) is 0 Å². The van der Waals surface area contributed by atoms with Crippen molar-refractivity contribution in [2.45, 2.75) is 24.3 Å². The Kier molecular flexibility index (Phi) is 5.56. The van der Waals surface area contributed by atoms with Crippen LogP contribution in [0.3, 0.4) is 0 Å². The zero-order valence-corrected chi connectivity index (χ0v) is 15.1. The summed E-state index contributed by atoms with van der Waals surface area (Å²) in [5.74, 6) is 1.55. The zero-order chi connectivity index (χ0) is 17.6. The monoisotopic (exact) mass is 352 g/mol. The highest BCUT2D eigenvalue weighted by atomic mass is 32.2. The molecule has 0 saturated carbocycles. The molecule has 0 radical (unpaired) electrons. The number of aromatic amines is 1. The molecular weight excluding hydrogens is 332 g/mol. The van der Waals surface area contributed by atoms with E-state index >= 15 is 0 Å². The van der Waals surface area contributed by atoms with Gasteiger partial charge in [-0.3, -0.25) is 4.79 Å². The Morgan fingerprint density at radius 2 is 1.84 bits per heavy atom. The standard InChI is InChI=1S/C20H20N2O2S/c1-14-18(12-15-7-4-3-5-8-15)19(23)22-20(21-14)25-13-16-9-6-10-17(11-16)24-2/h3-11H,12-13H2,1-2H3,(H,21,22,23). The fourth-order valence-electron chi connectivity index (χ4n) is 2.58. The van der Waals surface area contributed by atoms with E-state index in [0.717, 1.165) is 33.9 Å². The predicted octanol–water partition coefficient (Wildman–Crippen LogP) is 3.97. The van der Waals surface area contributed by atoms with Gasteiger partial charge < -0.3 is 9.72 Å². The molecule has 0 saturated heterocycles. The first-order valence-corrected chi connectivity index (χ1v) is 9.03. The van der Waals surface area contributed by atoms with E-state index in [1.165, 1.54) is 11.8 Å². The fourth-order valence-corrected chi connectivity index (χ4v) is 3.42. The third-order valence-electron chi connectivity index (χ3n) is 3.93. The van der Waals surface area contributed by atoms with Gasteiger partial charge in [0.1, 0.15) is 5.75 Å². The highest BCUT2D eigenvalue weighted by molar-refractivity contribution is 7.98. The van der Waals surface area contributed by atoms with Crippen LogP contribution >= 0.6 is 11.8 Å². The molecule has 1 heterocycles. The molecule has 0 bridgehead atoms. The van der Waals surface area contributed by atoms with Gasteiger partial charge in [-0.2, -0.15) is 0 Å². The van der Waals surface area contributed by atoms with E-state index in [2.05, 4.69) is 9.97 Å². The number of hydrogen-bond acceptors (Lipinski definition) is 4. The third-order valence-corrected chi connectivity index (χ3v) is 4.88. The second-order valence-electron chi connectivity index (χ2n) is 5.74. The van der Waals surface area contributed by atoms with E-state index in [0.29, 0.717) is 11.6 Å². The molecule has 3 aromatic rings. The van der Waals surface area contributed by atoms with Crippen molar-refractivity contribution < 1.29 is 4.74 Å². The van der Waals surface area contributed by atoms with Gasteiger partial charge in [0.2, 0.25) is 0 Å². The maximum absolute atomic E-state index is 12.4. The molecule has 0 aliphatic heterocycles. The molecule has 3 rings (SSSR count). The van der Waals surface area contributed by atoms with Gasteiger partial charge in [-0.25, -0.2) is 4.98 Å². The van der Waals surface area contributed by atoms with Gasteiger partial charge in [0, 0.05) is 23.4 Å². The first kappa shape index (κ1) is 17.3. The van der Waals surface area contributed by atoms with Gasteiger partial charge >= 0.3 is 0 Å². The summed E-state index contributed by atoms with van der Waals surface area (Å²) in [6.45, 7) is 1.89. The maximum atomic E-state index is 12.4. The van der Waals surface area contributed by atoms with Crippen molar-refractivity contribution in [2.24, 2.45) is 0 Å². The molecule has 0 amide bonds. The summed E-state index contributed by atoms with van der Waals surface area (Å²) in [6, 6.07) is 17.9. The van der Waals surface area contributed by atoms with E-state index < -0.39 is 0 Å². The van der Waals surface area contributed by atoms with E-state index in [4.69, 9.17) is 4.74 Å². The molecule has 0 unspecified atom stereocenters. The molecule has 0 spiro atoms. The highest BCUT2D eigenvalue weighted by Crippen LogP contribution is 2.22. The van der Waals surface area contributed by atoms with Crippen LogP contribution in [0.2, 0.25) is 0 Å². The minimum Gasteiger partial charge on any atom is -0.497 e. The van der Waals surface area contributed by atoms with Crippen LogP contribution < -0.4 is 10.3 Å². The van der Waals surface area contributed by atoms with Gasteiger partial charge in [-0.15, -0.1) is 0 Å². The van der Waals surface area contributed by atoms with Crippen LogP contribution in [-0.2, 0) is 12.2 Å². The van der Waals surface area contributed by atoms with Gasteiger partial charge in [-0.1, -0.05) is 54.2 Å². The Morgan fingerprint density at radius 3 is 2.56 bits per heavy atom. The molecule has 25 heavy (non-hydrogen) atoms. The van der Waals surface area contributed by atoms with Crippen LogP contribution in [0.5, 0.6) is 5.75 Å². The number of H-pyrrole nitrogens is 1. The molecule has 0 fully saturated rings. The molecule has 0 aliphatic rings. The van der Waals surface area contributed by atoms with Crippen LogP contribution in [0.1, 0.15) is 22.4 Å². The molecular formula is C20H20N2O2S. The lowest BCUT2D eigenvalue weighted by atomic mass is 10.1. The molecule has 1 N–H and O–H groups in total. The first-order valence-electron chi connectivity index (χ1n) is 8.05. The summed E-state index contributed by atoms with van der Waals surface area (Å²) in [7, 11) is 1.65. The lowest BCUT2D eigenvalue weighted by molar-refractivity contribution is 0.414. The van der Waals surface area contributed by atoms with Crippen molar-refractivity contribution in [2.75, 3.05) is 7.11 Å². The summed E-state index contributed by atoms with van der Waals surface area (Å²) in [4.78, 5) is 19.9. The normalized spacial score (nSPS) is 10.6. The topological polar surface area (TPSA) is 55.0 Å². The Bertz CT molecular complexity index is 907. The largest absolute Gasteiger partial charge is 0.497 e. The number of rotatable bonds is 6. The summed E-state index contributed by atoms with van der Waals surface area (Å²) in [6.07, 6.45) is 0.593. The van der Waals surface area contributed by atoms with Crippen molar-refractivity contribution >= 4 is 11.8 Å².